The van der Waals surface area contributed by atoms with Gasteiger partial charge in [-0.25, -0.2) is 0 Å². The molecule has 1 spiro atoms. The van der Waals surface area contributed by atoms with Gasteiger partial charge in [0, 0.05) is 16.6 Å². The van der Waals surface area contributed by atoms with E-state index in [2.05, 4.69) is 0 Å². The second-order valence-electron chi connectivity index (χ2n) is 6.74. The number of rotatable bonds is 4. The molecule has 0 radical (unpaired) electrons. The highest BCUT2D eigenvalue weighted by molar-refractivity contribution is 8.01. The molecule has 2 aliphatic rings. The van der Waals surface area contributed by atoms with Crippen molar-refractivity contribution in [2.45, 2.75) is 80.4 Å². The molecule has 1 saturated carbocycles. The van der Waals surface area contributed by atoms with Gasteiger partial charge in [0.1, 0.15) is 6.04 Å². The third-order valence-corrected chi connectivity index (χ3v) is 6.30. The van der Waals surface area contributed by atoms with Crippen LogP contribution < -0.4 is 5.73 Å². The molecule has 0 aromatic rings. The highest BCUT2D eigenvalue weighted by Gasteiger charge is 2.42. The lowest BCUT2D eigenvalue weighted by molar-refractivity contribution is -0.139. The van der Waals surface area contributed by atoms with Crippen molar-refractivity contribution in [2.75, 3.05) is 6.61 Å². The van der Waals surface area contributed by atoms with Crippen LogP contribution in [0, 0.1) is 0 Å². The van der Waals surface area contributed by atoms with Crippen molar-refractivity contribution in [3.63, 3.8) is 0 Å². The number of carbonyl (C=O) groups is 1. The second kappa shape index (κ2) is 6.24. The number of hydrogen-bond donors (Lipinski definition) is 2. The zero-order valence-corrected chi connectivity index (χ0v) is 13.4. The lowest BCUT2D eigenvalue weighted by Crippen LogP contribution is -2.49. The van der Waals surface area contributed by atoms with Crippen LogP contribution in [0.4, 0.5) is 0 Å². The van der Waals surface area contributed by atoms with Gasteiger partial charge in [-0.2, -0.15) is 0 Å². The Labute approximate surface area is 125 Å². The maximum absolute atomic E-state index is 11.1. The lowest BCUT2D eigenvalue weighted by atomic mass is 9.80. The summed E-state index contributed by atoms with van der Waals surface area (Å²) in [7, 11) is 0. The fourth-order valence-corrected chi connectivity index (χ4v) is 5.14. The topological polar surface area (TPSA) is 72.5 Å². The minimum atomic E-state index is -0.915. The van der Waals surface area contributed by atoms with Crippen molar-refractivity contribution in [1.29, 1.82) is 0 Å². The van der Waals surface area contributed by atoms with Gasteiger partial charge in [0.25, 0.3) is 0 Å². The first-order valence-corrected chi connectivity index (χ1v) is 8.53. The molecule has 1 aliphatic carbocycles. The molecule has 2 fully saturated rings. The first-order chi connectivity index (χ1) is 9.35. The number of carboxylic acids is 1. The van der Waals surface area contributed by atoms with Crippen molar-refractivity contribution in [1.82, 2.24) is 0 Å². The molecular formula is C15H27NO3S. The van der Waals surface area contributed by atoms with Crippen molar-refractivity contribution in [3.8, 4) is 0 Å². The van der Waals surface area contributed by atoms with Crippen molar-refractivity contribution in [3.05, 3.63) is 0 Å². The standard InChI is InChI=1S/C15H27NO3S/c1-14(2,12(16)13(17)18)20-11-6-9-19-15(10-11)7-4-3-5-8-15/h11-12H,3-10,16H2,1-2H3,(H,17,18)/t11?,12-/m0/s1. The second-order valence-corrected chi connectivity index (χ2v) is 8.70. The molecule has 2 atom stereocenters. The van der Waals surface area contributed by atoms with Crippen LogP contribution in [0.15, 0.2) is 0 Å². The molecule has 1 saturated heterocycles. The number of ether oxygens (including phenoxy) is 1. The third kappa shape index (κ3) is 3.68. The zero-order chi connectivity index (χ0) is 14.8. The van der Waals surface area contributed by atoms with Crippen LogP contribution in [0.2, 0.25) is 0 Å². The Balaban J connectivity index is 1.97. The fourth-order valence-electron chi connectivity index (χ4n) is 3.43. The summed E-state index contributed by atoms with van der Waals surface area (Å²) in [6.45, 7) is 4.69. The Bertz CT molecular complexity index is 348. The molecule has 0 aromatic carbocycles. The van der Waals surface area contributed by atoms with Crippen LogP contribution in [0.1, 0.15) is 58.8 Å². The quantitative estimate of drug-likeness (QED) is 0.835. The predicted molar refractivity (Wildman–Crippen MR) is 82.1 cm³/mol. The number of nitrogens with two attached hydrogens (primary N) is 1. The summed E-state index contributed by atoms with van der Waals surface area (Å²) >= 11 is 1.74. The summed E-state index contributed by atoms with van der Waals surface area (Å²) < 4.78 is 5.66. The Kier molecular flexibility index (Phi) is 5.03. The average Bonchev–Trinajstić information content (AvgIpc) is 2.38. The smallest absolute Gasteiger partial charge is 0.321 e. The maximum atomic E-state index is 11.1. The molecule has 1 heterocycles. The molecular weight excluding hydrogens is 274 g/mol. The molecule has 0 aromatic heterocycles. The van der Waals surface area contributed by atoms with Gasteiger partial charge >= 0.3 is 5.97 Å². The van der Waals surface area contributed by atoms with Gasteiger partial charge < -0.3 is 15.6 Å². The molecule has 116 valence electrons. The Morgan fingerprint density at radius 1 is 1.40 bits per heavy atom. The van der Waals surface area contributed by atoms with E-state index in [1.54, 1.807) is 11.8 Å². The number of carboxylic acid groups (broad SMARTS) is 1. The van der Waals surface area contributed by atoms with Gasteiger partial charge in [-0.1, -0.05) is 19.3 Å². The number of thioether (sulfide) groups is 1. The summed E-state index contributed by atoms with van der Waals surface area (Å²) in [5.41, 5.74) is 5.90. The molecule has 0 amide bonds. The summed E-state index contributed by atoms with van der Waals surface area (Å²) in [4.78, 5) is 11.1. The van der Waals surface area contributed by atoms with Gasteiger partial charge in [-0.05, 0) is 39.5 Å². The molecule has 4 nitrogen and oxygen atoms in total. The highest BCUT2D eigenvalue weighted by Crippen LogP contribution is 2.45. The van der Waals surface area contributed by atoms with E-state index in [1.165, 1.54) is 19.3 Å². The van der Waals surface area contributed by atoms with Crippen molar-refractivity contribution >= 4 is 17.7 Å². The van der Waals surface area contributed by atoms with E-state index in [0.29, 0.717) is 5.25 Å². The highest BCUT2D eigenvalue weighted by atomic mass is 32.2. The van der Waals surface area contributed by atoms with E-state index in [1.807, 2.05) is 13.8 Å². The molecule has 3 N–H and O–H groups in total. The van der Waals surface area contributed by atoms with Crippen LogP contribution in [0.5, 0.6) is 0 Å². The van der Waals surface area contributed by atoms with Crippen LogP contribution in [-0.2, 0) is 9.53 Å². The van der Waals surface area contributed by atoms with Crippen LogP contribution >= 0.6 is 11.8 Å². The summed E-state index contributed by atoms with van der Waals surface area (Å²) in [5, 5.41) is 9.59. The van der Waals surface area contributed by atoms with Gasteiger partial charge in [0.05, 0.1) is 5.60 Å². The van der Waals surface area contributed by atoms with Crippen molar-refractivity contribution < 1.29 is 14.6 Å². The van der Waals surface area contributed by atoms with E-state index in [0.717, 1.165) is 32.3 Å². The first-order valence-electron chi connectivity index (χ1n) is 7.65. The molecule has 1 unspecified atom stereocenters. The molecule has 0 bridgehead atoms. The van der Waals surface area contributed by atoms with Crippen LogP contribution in [0.3, 0.4) is 0 Å². The summed E-state index contributed by atoms with van der Waals surface area (Å²) in [6, 6.07) is -0.822. The monoisotopic (exact) mass is 301 g/mol. The molecule has 1 aliphatic heterocycles. The lowest BCUT2D eigenvalue weighted by Gasteiger charge is -2.45. The Morgan fingerprint density at radius 3 is 2.65 bits per heavy atom. The fraction of sp³-hybridized carbons (Fsp3) is 0.933. The third-order valence-electron chi connectivity index (χ3n) is 4.70. The van der Waals surface area contributed by atoms with E-state index in [-0.39, 0.29) is 5.60 Å². The Hall–Kier alpha value is -0.260. The van der Waals surface area contributed by atoms with Gasteiger partial charge in [0.15, 0.2) is 0 Å². The normalized spacial score (nSPS) is 28.2. The average molecular weight is 301 g/mol. The van der Waals surface area contributed by atoms with Gasteiger partial charge in [0.2, 0.25) is 0 Å². The zero-order valence-electron chi connectivity index (χ0n) is 12.6. The van der Waals surface area contributed by atoms with E-state index in [4.69, 9.17) is 15.6 Å². The van der Waals surface area contributed by atoms with Gasteiger partial charge in [-0.15, -0.1) is 11.8 Å². The largest absolute Gasteiger partial charge is 0.480 e. The van der Waals surface area contributed by atoms with E-state index < -0.39 is 16.8 Å². The minimum absolute atomic E-state index is 0.0670. The predicted octanol–water partition coefficient (Wildman–Crippen LogP) is 2.79. The number of aliphatic carboxylic acids is 1. The molecule has 20 heavy (non-hydrogen) atoms. The summed E-state index contributed by atoms with van der Waals surface area (Å²) in [6.07, 6.45) is 8.21. The van der Waals surface area contributed by atoms with Gasteiger partial charge in [-0.3, -0.25) is 4.79 Å². The minimum Gasteiger partial charge on any atom is -0.480 e. The van der Waals surface area contributed by atoms with Crippen LogP contribution in [-0.4, -0.2) is 39.3 Å². The summed E-state index contributed by atoms with van der Waals surface area (Å²) in [5.74, 6) is -0.915. The maximum Gasteiger partial charge on any atom is 0.321 e. The first kappa shape index (κ1) is 16.1. The SMILES string of the molecule is CC(C)(SC1CCOC2(CCCCC2)C1)[C@@H](N)C(=O)O. The van der Waals surface area contributed by atoms with Crippen molar-refractivity contribution in [2.24, 2.45) is 5.73 Å². The molecule has 2 rings (SSSR count). The molecule has 5 heteroatoms. The van der Waals surface area contributed by atoms with E-state index in [9.17, 15) is 4.79 Å². The van der Waals surface area contributed by atoms with E-state index >= 15 is 0 Å². The number of hydrogen-bond acceptors (Lipinski definition) is 4. The Morgan fingerprint density at radius 2 is 2.05 bits per heavy atom. The van der Waals surface area contributed by atoms with Crippen LogP contribution in [0.25, 0.3) is 0 Å².